The van der Waals surface area contributed by atoms with Gasteiger partial charge in [0.25, 0.3) is 5.78 Å². The van der Waals surface area contributed by atoms with Gasteiger partial charge in [0.1, 0.15) is 17.4 Å². The van der Waals surface area contributed by atoms with Gasteiger partial charge in [-0.3, -0.25) is 4.40 Å². The van der Waals surface area contributed by atoms with Gasteiger partial charge in [-0.05, 0) is 24.3 Å². The lowest BCUT2D eigenvalue weighted by Gasteiger charge is -2.14. The van der Waals surface area contributed by atoms with Crippen molar-refractivity contribution in [3.8, 4) is 34.5 Å². The molecule has 154 valence electrons. The third kappa shape index (κ3) is 3.40. The van der Waals surface area contributed by atoms with Gasteiger partial charge in [-0.1, -0.05) is 60.7 Å². The number of anilines is 2. The van der Waals surface area contributed by atoms with Crippen LogP contribution in [0.15, 0.2) is 84.9 Å². The fraction of sp³-hybridized carbons (Fsp3) is 0.0400. The zero-order valence-corrected chi connectivity index (χ0v) is 17.2. The van der Waals surface area contributed by atoms with Crippen LogP contribution in [0.3, 0.4) is 0 Å². The first kappa shape index (κ1) is 19.3. The minimum atomic E-state index is 0.400. The van der Waals surface area contributed by atoms with E-state index in [1.165, 1.54) is 0 Å². The lowest BCUT2D eigenvalue weighted by Crippen LogP contribution is -2.06. The van der Waals surface area contributed by atoms with Gasteiger partial charge in [0.05, 0.1) is 12.8 Å². The first-order chi connectivity index (χ1) is 15.8. The van der Waals surface area contributed by atoms with Crippen molar-refractivity contribution < 1.29 is 4.74 Å². The van der Waals surface area contributed by atoms with E-state index < -0.39 is 0 Å². The summed E-state index contributed by atoms with van der Waals surface area (Å²) in [6.45, 7) is 0. The molecule has 0 amide bonds. The standard InChI is InChI=1S/C25H18N6O/c1-32-20-14-12-19(13-15-20)27-23-21(16-26)22(17-8-4-2-5-9-17)31-24(29-30-25(31)28-23)18-10-6-3-7-11-18/h2-15H,1H3,(H,27,28,30). The minimum Gasteiger partial charge on any atom is -0.497 e. The van der Waals surface area contributed by atoms with E-state index in [0.717, 1.165) is 22.6 Å². The van der Waals surface area contributed by atoms with Crippen molar-refractivity contribution in [1.29, 1.82) is 5.26 Å². The van der Waals surface area contributed by atoms with Crippen LogP contribution in [0.1, 0.15) is 5.56 Å². The number of nitrogens with zero attached hydrogens (tertiary/aromatic N) is 5. The van der Waals surface area contributed by atoms with Gasteiger partial charge < -0.3 is 10.1 Å². The maximum absolute atomic E-state index is 10.2. The fourth-order valence-electron chi connectivity index (χ4n) is 3.59. The van der Waals surface area contributed by atoms with Crippen LogP contribution >= 0.6 is 0 Å². The maximum atomic E-state index is 10.2. The summed E-state index contributed by atoms with van der Waals surface area (Å²) in [6, 6.07) is 29.2. The van der Waals surface area contributed by atoms with Gasteiger partial charge in [0, 0.05) is 16.8 Å². The summed E-state index contributed by atoms with van der Waals surface area (Å²) in [5, 5.41) is 22.1. The maximum Gasteiger partial charge on any atom is 0.257 e. The molecule has 0 saturated carbocycles. The summed E-state index contributed by atoms with van der Waals surface area (Å²) in [5.74, 6) is 2.18. The molecule has 0 saturated heterocycles. The molecule has 2 heterocycles. The lowest BCUT2D eigenvalue weighted by atomic mass is 10.1. The Morgan fingerprint density at radius 3 is 2.12 bits per heavy atom. The van der Waals surface area contributed by atoms with Crippen LogP contribution < -0.4 is 10.1 Å². The number of methoxy groups -OCH3 is 1. The summed E-state index contributed by atoms with van der Waals surface area (Å²) in [7, 11) is 1.62. The van der Waals surface area contributed by atoms with E-state index in [0.29, 0.717) is 28.7 Å². The van der Waals surface area contributed by atoms with Crippen molar-refractivity contribution in [1.82, 2.24) is 19.6 Å². The molecule has 0 aliphatic rings. The number of nitrogens with one attached hydrogen (secondary N) is 1. The Hall–Kier alpha value is -4.70. The lowest BCUT2D eigenvalue weighted by molar-refractivity contribution is 0.415. The molecule has 5 aromatic rings. The van der Waals surface area contributed by atoms with Crippen molar-refractivity contribution in [2.24, 2.45) is 0 Å². The molecule has 0 aliphatic heterocycles. The van der Waals surface area contributed by atoms with E-state index >= 15 is 0 Å². The van der Waals surface area contributed by atoms with Crippen LogP contribution in [-0.2, 0) is 0 Å². The smallest absolute Gasteiger partial charge is 0.257 e. The van der Waals surface area contributed by atoms with Crippen molar-refractivity contribution >= 4 is 17.3 Å². The van der Waals surface area contributed by atoms with Gasteiger partial charge in [-0.15, -0.1) is 10.2 Å². The summed E-state index contributed by atoms with van der Waals surface area (Å²) in [5.41, 5.74) is 3.61. The molecule has 0 radical (unpaired) electrons. The molecule has 7 nitrogen and oxygen atoms in total. The fourth-order valence-corrected chi connectivity index (χ4v) is 3.59. The molecule has 2 aromatic heterocycles. The second kappa shape index (κ2) is 8.20. The SMILES string of the molecule is COc1ccc(Nc2nc3nnc(-c4ccccc4)n3c(-c3ccccc3)c2C#N)cc1. The van der Waals surface area contributed by atoms with Gasteiger partial charge in [0.2, 0.25) is 0 Å². The van der Waals surface area contributed by atoms with Gasteiger partial charge in [-0.2, -0.15) is 10.2 Å². The van der Waals surface area contributed by atoms with Crippen LogP contribution in [0.4, 0.5) is 11.5 Å². The Labute approximate surface area is 184 Å². The highest BCUT2D eigenvalue weighted by Gasteiger charge is 2.21. The number of hydrogen-bond donors (Lipinski definition) is 1. The highest BCUT2D eigenvalue weighted by molar-refractivity contribution is 5.80. The van der Waals surface area contributed by atoms with Crippen LogP contribution in [0.2, 0.25) is 0 Å². The molecule has 5 rings (SSSR count). The first-order valence-corrected chi connectivity index (χ1v) is 9.99. The van der Waals surface area contributed by atoms with Crippen molar-refractivity contribution in [2.75, 3.05) is 12.4 Å². The predicted molar refractivity (Wildman–Crippen MR) is 123 cm³/mol. The molecule has 0 aliphatic carbocycles. The Kier molecular flexibility index (Phi) is 4.94. The summed E-state index contributed by atoms with van der Waals surface area (Å²) in [6.07, 6.45) is 0. The van der Waals surface area contributed by atoms with Crippen molar-refractivity contribution in [2.45, 2.75) is 0 Å². The van der Waals surface area contributed by atoms with E-state index in [1.807, 2.05) is 89.3 Å². The van der Waals surface area contributed by atoms with E-state index in [-0.39, 0.29) is 0 Å². The van der Waals surface area contributed by atoms with Crippen molar-refractivity contribution in [3.05, 3.63) is 90.5 Å². The second-order valence-corrected chi connectivity index (χ2v) is 7.04. The Balaban J connectivity index is 1.76. The first-order valence-electron chi connectivity index (χ1n) is 9.99. The Morgan fingerprint density at radius 2 is 1.50 bits per heavy atom. The number of ether oxygens (including phenoxy) is 1. The third-order valence-electron chi connectivity index (χ3n) is 5.10. The zero-order valence-electron chi connectivity index (χ0n) is 17.2. The molecule has 0 unspecified atom stereocenters. The predicted octanol–water partition coefficient (Wildman–Crippen LogP) is 5.08. The Bertz CT molecular complexity index is 1420. The van der Waals surface area contributed by atoms with Crippen LogP contribution in [0.5, 0.6) is 5.75 Å². The van der Waals surface area contributed by atoms with Crippen LogP contribution in [-0.4, -0.2) is 26.7 Å². The number of nitriles is 1. The monoisotopic (exact) mass is 418 g/mol. The number of benzene rings is 3. The van der Waals surface area contributed by atoms with Crippen LogP contribution in [0.25, 0.3) is 28.4 Å². The zero-order chi connectivity index (χ0) is 21.9. The normalized spacial score (nSPS) is 10.6. The molecule has 3 aromatic carbocycles. The molecular weight excluding hydrogens is 400 g/mol. The van der Waals surface area contributed by atoms with E-state index in [2.05, 4.69) is 26.6 Å². The number of aromatic nitrogens is 4. The molecular formula is C25H18N6O. The number of hydrogen-bond acceptors (Lipinski definition) is 6. The average Bonchev–Trinajstić information content (AvgIpc) is 3.28. The van der Waals surface area contributed by atoms with Crippen LogP contribution in [0, 0.1) is 11.3 Å². The largest absolute Gasteiger partial charge is 0.497 e. The average molecular weight is 418 g/mol. The van der Waals surface area contributed by atoms with E-state index in [4.69, 9.17) is 4.74 Å². The summed E-state index contributed by atoms with van der Waals surface area (Å²) >= 11 is 0. The molecule has 1 N–H and O–H groups in total. The van der Waals surface area contributed by atoms with Gasteiger partial charge in [-0.25, -0.2) is 0 Å². The summed E-state index contributed by atoms with van der Waals surface area (Å²) in [4.78, 5) is 4.64. The van der Waals surface area contributed by atoms with E-state index in [1.54, 1.807) is 7.11 Å². The molecule has 0 fully saturated rings. The molecule has 32 heavy (non-hydrogen) atoms. The Morgan fingerprint density at radius 1 is 0.844 bits per heavy atom. The van der Waals surface area contributed by atoms with Gasteiger partial charge in [0.15, 0.2) is 11.6 Å². The molecule has 7 heteroatoms. The minimum absolute atomic E-state index is 0.400. The van der Waals surface area contributed by atoms with Gasteiger partial charge >= 0.3 is 0 Å². The number of fused-ring (bicyclic) bond motifs is 1. The topological polar surface area (TPSA) is 88.1 Å². The second-order valence-electron chi connectivity index (χ2n) is 7.04. The molecule has 0 atom stereocenters. The molecule has 0 spiro atoms. The number of rotatable bonds is 5. The quantitative estimate of drug-likeness (QED) is 0.428. The van der Waals surface area contributed by atoms with Crippen molar-refractivity contribution in [3.63, 3.8) is 0 Å². The highest BCUT2D eigenvalue weighted by atomic mass is 16.5. The highest BCUT2D eigenvalue weighted by Crippen LogP contribution is 2.33. The summed E-state index contributed by atoms with van der Waals surface area (Å²) < 4.78 is 7.06. The van der Waals surface area contributed by atoms with E-state index in [9.17, 15) is 5.26 Å². The molecule has 0 bridgehead atoms. The third-order valence-corrected chi connectivity index (χ3v) is 5.10.